The second-order valence-electron chi connectivity index (χ2n) is 4.06. The Balaban J connectivity index is 2.37. The van der Waals surface area contributed by atoms with Crippen LogP contribution in [0, 0.1) is 0 Å². The average Bonchev–Trinajstić information content (AvgIpc) is 2.29. The normalized spacial score (nSPS) is 10.4. The van der Waals surface area contributed by atoms with Gasteiger partial charge in [-0.1, -0.05) is 18.2 Å². The number of hydrogen-bond donors (Lipinski definition) is 4. The molecule has 0 radical (unpaired) electrons. The van der Waals surface area contributed by atoms with Gasteiger partial charge in [-0.05, 0) is 29.3 Å². The highest BCUT2D eigenvalue weighted by atomic mass is 14.7. The minimum absolute atomic E-state index is 0.507. The number of nitrogens with two attached hydrogens (primary N) is 4. The average molecular weight is 228 g/mol. The smallest absolute Gasteiger partial charge is 0.0568 e. The Morgan fingerprint density at radius 1 is 0.647 bits per heavy atom. The Hall–Kier alpha value is -2.36. The van der Waals surface area contributed by atoms with E-state index < -0.39 is 0 Å². The van der Waals surface area contributed by atoms with Crippen molar-refractivity contribution in [3.8, 4) is 0 Å². The van der Waals surface area contributed by atoms with E-state index in [4.69, 9.17) is 22.9 Å². The van der Waals surface area contributed by atoms with E-state index in [2.05, 4.69) is 0 Å². The second kappa shape index (κ2) is 4.25. The first kappa shape index (κ1) is 11.1. The summed E-state index contributed by atoms with van der Waals surface area (Å²) < 4.78 is 0. The van der Waals surface area contributed by atoms with Crippen LogP contribution in [-0.4, -0.2) is 0 Å². The standard InChI is InChI=1S/C13H16N4/c14-10-4-2-1-3-8(10)5-9-6-12(16)13(17)7-11(9)15/h1-4,6-7H,5,14-17H2. The molecule has 0 saturated carbocycles. The molecule has 17 heavy (non-hydrogen) atoms. The lowest BCUT2D eigenvalue weighted by Gasteiger charge is -2.10. The zero-order valence-electron chi connectivity index (χ0n) is 9.48. The highest BCUT2D eigenvalue weighted by molar-refractivity contribution is 5.72. The van der Waals surface area contributed by atoms with Crippen molar-refractivity contribution in [2.75, 3.05) is 22.9 Å². The SMILES string of the molecule is Nc1cc(N)c(Cc2ccccc2N)cc1N. The Morgan fingerprint density at radius 3 is 2.00 bits per heavy atom. The summed E-state index contributed by atoms with van der Waals surface area (Å²) in [7, 11) is 0. The maximum Gasteiger partial charge on any atom is 0.0568 e. The molecule has 0 heterocycles. The van der Waals surface area contributed by atoms with Crippen molar-refractivity contribution in [2.24, 2.45) is 0 Å². The summed E-state index contributed by atoms with van der Waals surface area (Å²) >= 11 is 0. The molecule has 2 aromatic carbocycles. The van der Waals surface area contributed by atoms with Gasteiger partial charge in [0.25, 0.3) is 0 Å². The third kappa shape index (κ3) is 2.25. The van der Waals surface area contributed by atoms with Crippen LogP contribution < -0.4 is 22.9 Å². The first-order valence-electron chi connectivity index (χ1n) is 5.34. The predicted molar refractivity (Wildman–Crippen MR) is 73.3 cm³/mol. The summed E-state index contributed by atoms with van der Waals surface area (Å²) in [5.74, 6) is 0. The molecule has 2 rings (SSSR count). The van der Waals surface area contributed by atoms with E-state index in [9.17, 15) is 0 Å². The highest BCUT2D eigenvalue weighted by Gasteiger charge is 2.06. The van der Waals surface area contributed by atoms with E-state index in [-0.39, 0.29) is 0 Å². The second-order valence-corrected chi connectivity index (χ2v) is 4.06. The summed E-state index contributed by atoms with van der Waals surface area (Å²) in [6, 6.07) is 11.2. The van der Waals surface area contributed by atoms with E-state index in [1.54, 1.807) is 12.1 Å². The van der Waals surface area contributed by atoms with Gasteiger partial charge in [0.2, 0.25) is 0 Å². The zero-order valence-corrected chi connectivity index (χ0v) is 9.48. The maximum atomic E-state index is 5.91. The molecule has 0 aromatic heterocycles. The fourth-order valence-electron chi connectivity index (χ4n) is 1.75. The van der Waals surface area contributed by atoms with Crippen LogP contribution in [0.5, 0.6) is 0 Å². The molecule has 2 aromatic rings. The van der Waals surface area contributed by atoms with E-state index in [0.29, 0.717) is 23.5 Å². The Bertz CT molecular complexity index is 549. The van der Waals surface area contributed by atoms with Crippen molar-refractivity contribution >= 4 is 22.7 Å². The molecule has 0 aliphatic carbocycles. The molecule has 8 N–H and O–H groups in total. The minimum atomic E-state index is 0.507. The summed E-state index contributed by atoms with van der Waals surface area (Å²) in [5.41, 5.74) is 27.7. The number of benzene rings is 2. The topological polar surface area (TPSA) is 104 Å². The Labute approximate surface area is 100 Å². The van der Waals surface area contributed by atoms with Crippen molar-refractivity contribution in [3.63, 3.8) is 0 Å². The van der Waals surface area contributed by atoms with Crippen LogP contribution in [-0.2, 0) is 6.42 Å². The monoisotopic (exact) mass is 228 g/mol. The quantitative estimate of drug-likeness (QED) is 0.586. The van der Waals surface area contributed by atoms with Gasteiger partial charge in [0, 0.05) is 17.8 Å². The number of rotatable bonds is 2. The summed E-state index contributed by atoms with van der Waals surface area (Å²) in [6.07, 6.45) is 0.656. The highest BCUT2D eigenvalue weighted by Crippen LogP contribution is 2.26. The Morgan fingerprint density at radius 2 is 1.29 bits per heavy atom. The van der Waals surface area contributed by atoms with Crippen molar-refractivity contribution in [3.05, 3.63) is 47.5 Å². The molecular weight excluding hydrogens is 212 g/mol. The van der Waals surface area contributed by atoms with Crippen molar-refractivity contribution in [2.45, 2.75) is 6.42 Å². The number of para-hydroxylation sites is 1. The van der Waals surface area contributed by atoms with Gasteiger partial charge in [-0.3, -0.25) is 0 Å². The molecule has 0 spiro atoms. The fourth-order valence-corrected chi connectivity index (χ4v) is 1.75. The molecule has 0 aliphatic heterocycles. The summed E-state index contributed by atoms with van der Waals surface area (Å²) in [4.78, 5) is 0. The molecule has 4 nitrogen and oxygen atoms in total. The van der Waals surface area contributed by atoms with Crippen LogP contribution in [0.15, 0.2) is 36.4 Å². The van der Waals surface area contributed by atoms with E-state index in [1.807, 2.05) is 24.3 Å². The predicted octanol–water partition coefficient (Wildman–Crippen LogP) is 1.61. The molecule has 0 unspecified atom stereocenters. The van der Waals surface area contributed by atoms with Crippen LogP contribution in [0.2, 0.25) is 0 Å². The van der Waals surface area contributed by atoms with E-state index in [1.165, 1.54) is 0 Å². The maximum absolute atomic E-state index is 5.91. The molecule has 0 amide bonds. The molecule has 0 bridgehead atoms. The number of anilines is 4. The first-order chi connectivity index (χ1) is 8.08. The fraction of sp³-hybridized carbons (Fsp3) is 0.0769. The van der Waals surface area contributed by atoms with Crippen molar-refractivity contribution in [1.82, 2.24) is 0 Å². The molecule has 0 fully saturated rings. The third-order valence-electron chi connectivity index (χ3n) is 2.78. The van der Waals surface area contributed by atoms with Gasteiger partial charge in [0.15, 0.2) is 0 Å². The molecule has 88 valence electrons. The van der Waals surface area contributed by atoms with Crippen LogP contribution in [0.25, 0.3) is 0 Å². The van der Waals surface area contributed by atoms with Gasteiger partial charge in [-0.15, -0.1) is 0 Å². The lowest BCUT2D eigenvalue weighted by atomic mass is 10.0. The Kier molecular flexibility index (Phi) is 2.78. The van der Waals surface area contributed by atoms with Crippen LogP contribution in [0.4, 0.5) is 22.7 Å². The van der Waals surface area contributed by atoms with Gasteiger partial charge in [0.05, 0.1) is 11.4 Å². The molecule has 4 heteroatoms. The van der Waals surface area contributed by atoms with Gasteiger partial charge in [-0.25, -0.2) is 0 Å². The molecule has 0 atom stereocenters. The molecule has 0 aliphatic rings. The minimum Gasteiger partial charge on any atom is -0.398 e. The van der Waals surface area contributed by atoms with Gasteiger partial charge in [0.1, 0.15) is 0 Å². The number of nitrogen functional groups attached to an aromatic ring is 4. The van der Waals surface area contributed by atoms with Crippen LogP contribution >= 0.6 is 0 Å². The number of hydrogen-bond acceptors (Lipinski definition) is 4. The van der Waals surface area contributed by atoms with Crippen LogP contribution in [0.3, 0.4) is 0 Å². The zero-order chi connectivity index (χ0) is 12.4. The van der Waals surface area contributed by atoms with Gasteiger partial charge < -0.3 is 22.9 Å². The molecular formula is C13H16N4. The molecule has 0 saturated heterocycles. The van der Waals surface area contributed by atoms with Gasteiger partial charge in [-0.2, -0.15) is 0 Å². The van der Waals surface area contributed by atoms with Gasteiger partial charge >= 0.3 is 0 Å². The first-order valence-corrected chi connectivity index (χ1v) is 5.34. The van der Waals surface area contributed by atoms with Crippen molar-refractivity contribution < 1.29 is 0 Å². The summed E-state index contributed by atoms with van der Waals surface area (Å²) in [5, 5.41) is 0. The third-order valence-corrected chi connectivity index (χ3v) is 2.78. The van der Waals surface area contributed by atoms with E-state index in [0.717, 1.165) is 16.8 Å². The van der Waals surface area contributed by atoms with Crippen LogP contribution in [0.1, 0.15) is 11.1 Å². The lowest BCUT2D eigenvalue weighted by Crippen LogP contribution is -2.03. The van der Waals surface area contributed by atoms with E-state index >= 15 is 0 Å². The lowest BCUT2D eigenvalue weighted by molar-refractivity contribution is 1.20. The summed E-state index contributed by atoms with van der Waals surface area (Å²) in [6.45, 7) is 0. The van der Waals surface area contributed by atoms with Crippen molar-refractivity contribution in [1.29, 1.82) is 0 Å². The largest absolute Gasteiger partial charge is 0.398 e.